The lowest BCUT2D eigenvalue weighted by molar-refractivity contribution is -0.123. The summed E-state index contributed by atoms with van der Waals surface area (Å²) in [6, 6.07) is -0.644. The molecule has 0 aromatic rings. The molecule has 0 aromatic heterocycles. The zero-order chi connectivity index (χ0) is 43.5. The van der Waals surface area contributed by atoms with E-state index >= 15 is 0 Å². The number of aliphatic hydroxyl groups is 2. The lowest BCUT2D eigenvalue weighted by Gasteiger charge is -2.20. The highest BCUT2D eigenvalue weighted by atomic mass is 16.3. The van der Waals surface area contributed by atoms with Crippen LogP contribution in [0.25, 0.3) is 0 Å². The molecule has 4 nitrogen and oxygen atoms in total. The molecular formula is C56H87NO3. The number of rotatable bonds is 40. The Labute approximate surface area is 369 Å². The second-order valence-electron chi connectivity index (χ2n) is 15.1. The fourth-order valence-corrected chi connectivity index (χ4v) is 5.92. The lowest BCUT2D eigenvalue weighted by Crippen LogP contribution is -2.45. The first kappa shape index (κ1) is 56.0. The van der Waals surface area contributed by atoms with Gasteiger partial charge in [-0.15, -0.1) is 0 Å². The Balaban J connectivity index is 3.72. The number of hydrogen-bond acceptors (Lipinski definition) is 3. The quantitative estimate of drug-likeness (QED) is 0.0426. The minimum Gasteiger partial charge on any atom is -0.394 e. The molecule has 0 aliphatic rings. The molecule has 334 valence electrons. The maximum absolute atomic E-state index is 12.3. The van der Waals surface area contributed by atoms with Gasteiger partial charge in [0, 0.05) is 6.42 Å². The van der Waals surface area contributed by atoms with E-state index in [2.05, 4.69) is 165 Å². The molecule has 0 saturated carbocycles. The van der Waals surface area contributed by atoms with E-state index in [0.717, 1.165) is 122 Å². The first-order valence-corrected chi connectivity index (χ1v) is 23.7. The van der Waals surface area contributed by atoms with Crippen molar-refractivity contribution in [3.05, 3.63) is 158 Å². The standard InChI is InChI=1S/C56H87NO3/c1-3-5-7-9-11-12-13-14-15-16-17-18-19-20-21-22-23-24-25-26-27-28-29-30-31-32-33-34-35-36-37-38-39-40-41-42-43-44-46-48-50-52-56(60)57-54(53-58)55(59)51-49-47-45-10-8-6-4-2/h5,7,11-12,14-15,17-18,20-21,23-24,26-27,29-30,32-33,35-36,38-39,41-42,49,51,54-55,58-59H,3-4,6,8-10,13,16,19,22,25,28,31,34,37,40,43-48,50,52-53H2,1-2H3,(H,57,60)/b7-5-,12-11-,15-14-,18-17-,21-20-,24-23-,27-26-,30-29-,33-32-,36-35-,39-38-,42-41-,51-49+. The monoisotopic (exact) mass is 822 g/mol. The maximum atomic E-state index is 12.3. The van der Waals surface area contributed by atoms with Crippen LogP contribution in [0.3, 0.4) is 0 Å². The molecule has 0 spiro atoms. The minimum absolute atomic E-state index is 0.102. The average molecular weight is 822 g/mol. The number of hydrogen-bond donors (Lipinski definition) is 3. The van der Waals surface area contributed by atoms with E-state index in [9.17, 15) is 15.0 Å². The van der Waals surface area contributed by atoms with Gasteiger partial charge >= 0.3 is 0 Å². The number of amides is 1. The topological polar surface area (TPSA) is 69.6 Å². The number of unbranched alkanes of at least 4 members (excludes halogenated alkanes) is 9. The van der Waals surface area contributed by atoms with Gasteiger partial charge in [-0.2, -0.15) is 0 Å². The summed E-state index contributed by atoms with van der Waals surface area (Å²) in [4.78, 5) is 12.3. The van der Waals surface area contributed by atoms with Gasteiger partial charge in [-0.25, -0.2) is 0 Å². The van der Waals surface area contributed by atoms with Crippen molar-refractivity contribution in [2.45, 2.75) is 180 Å². The molecule has 0 bridgehead atoms. The summed E-state index contributed by atoms with van der Waals surface area (Å²) in [6.45, 7) is 4.10. The smallest absolute Gasteiger partial charge is 0.220 e. The van der Waals surface area contributed by atoms with Crippen molar-refractivity contribution in [1.82, 2.24) is 5.32 Å². The lowest BCUT2D eigenvalue weighted by atomic mass is 10.1. The van der Waals surface area contributed by atoms with Crippen LogP contribution < -0.4 is 5.32 Å². The van der Waals surface area contributed by atoms with Crippen molar-refractivity contribution in [2.24, 2.45) is 0 Å². The Morgan fingerprint density at radius 1 is 0.417 bits per heavy atom. The molecule has 3 N–H and O–H groups in total. The van der Waals surface area contributed by atoms with Crippen LogP contribution in [-0.2, 0) is 4.79 Å². The van der Waals surface area contributed by atoms with Gasteiger partial charge in [0.05, 0.1) is 18.8 Å². The predicted octanol–water partition coefficient (Wildman–Crippen LogP) is 15.5. The molecule has 60 heavy (non-hydrogen) atoms. The van der Waals surface area contributed by atoms with Crippen molar-refractivity contribution in [3.63, 3.8) is 0 Å². The molecule has 0 aromatic carbocycles. The summed E-state index contributed by atoms with van der Waals surface area (Å²) in [6.07, 6.45) is 80.9. The van der Waals surface area contributed by atoms with Crippen molar-refractivity contribution in [3.8, 4) is 0 Å². The predicted molar refractivity (Wildman–Crippen MR) is 266 cm³/mol. The van der Waals surface area contributed by atoms with Gasteiger partial charge in [0.15, 0.2) is 0 Å². The van der Waals surface area contributed by atoms with E-state index < -0.39 is 12.1 Å². The van der Waals surface area contributed by atoms with Gasteiger partial charge in [0.25, 0.3) is 0 Å². The Hall–Kier alpha value is -3.99. The van der Waals surface area contributed by atoms with Crippen LogP contribution in [0.1, 0.15) is 168 Å². The summed E-state index contributed by atoms with van der Waals surface area (Å²) >= 11 is 0. The van der Waals surface area contributed by atoms with Crippen LogP contribution >= 0.6 is 0 Å². The van der Waals surface area contributed by atoms with Gasteiger partial charge in [0.1, 0.15) is 0 Å². The van der Waals surface area contributed by atoms with Crippen molar-refractivity contribution < 1.29 is 15.0 Å². The first-order chi connectivity index (χ1) is 29.7. The van der Waals surface area contributed by atoms with E-state index in [0.29, 0.717) is 6.42 Å². The Bertz CT molecular complexity index is 1350. The molecule has 2 unspecified atom stereocenters. The van der Waals surface area contributed by atoms with E-state index in [4.69, 9.17) is 0 Å². The van der Waals surface area contributed by atoms with Crippen LogP contribution in [-0.4, -0.2) is 34.9 Å². The fourth-order valence-electron chi connectivity index (χ4n) is 5.92. The van der Waals surface area contributed by atoms with Crippen molar-refractivity contribution >= 4 is 5.91 Å². The summed E-state index contributed by atoms with van der Waals surface area (Å²) in [5, 5.41) is 22.7. The number of carbonyl (C=O) groups is 1. The van der Waals surface area contributed by atoms with E-state index in [-0.39, 0.29) is 12.5 Å². The van der Waals surface area contributed by atoms with Gasteiger partial charge < -0.3 is 15.5 Å². The highest BCUT2D eigenvalue weighted by Gasteiger charge is 2.17. The molecule has 0 radical (unpaired) electrons. The molecule has 0 saturated heterocycles. The number of nitrogens with one attached hydrogen (secondary N) is 1. The van der Waals surface area contributed by atoms with E-state index in [1.165, 1.54) is 25.7 Å². The van der Waals surface area contributed by atoms with Crippen LogP contribution in [0.15, 0.2) is 158 Å². The fraction of sp³-hybridized carbons (Fsp3) is 0.518. The minimum atomic E-state index is -0.857. The third kappa shape index (κ3) is 45.1. The highest BCUT2D eigenvalue weighted by molar-refractivity contribution is 5.76. The molecule has 0 aliphatic carbocycles. The van der Waals surface area contributed by atoms with Crippen LogP contribution in [0.5, 0.6) is 0 Å². The molecule has 1 amide bonds. The first-order valence-electron chi connectivity index (χ1n) is 23.7. The SMILES string of the molecule is CC/C=C\C/C=C\C/C=C\C/C=C\C/C=C\C/C=C\C/C=C\C/C=C\C/C=C\C/C=C\C/C=C\C/C=C\CCCCCCC(=O)NC(CO)C(O)/C=C/CCCCCCC. The Kier molecular flexibility index (Phi) is 46.1. The van der Waals surface area contributed by atoms with Crippen LogP contribution in [0, 0.1) is 0 Å². The third-order valence-electron chi connectivity index (χ3n) is 9.52. The van der Waals surface area contributed by atoms with Gasteiger partial charge in [-0.1, -0.05) is 210 Å². The van der Waals surface area contributed by atoms with Crippen molar-refractivity contribution in [1.29, 1.82) is 0 Å². The van der Waals surface area contributed by atoms with Gasteiger partial charge in [0.2, 0.25) is 5.91 Å². The summed E-state index contributed by atoms with van der Waals surface area (Å²) in [5.74, 6) is -0.102. The van der Waals surface area contributed by atoms with Crippen LogP contribution in [0.4, 0.5) is 0 Å². The molecular weight excluding hydrogens is 735 g/mol. The zero-order valence-electron chi connectivity index (χ0n) is 38.1. The Morgan fingerprint density at radius 2 is 0.733 bits per heavy atom. The Morgan fingerprint density at radius 3 is 1.08 bits per heavy atom. The van der Waals surface area contributed by atoms with Gasteiger partial charge in [-0.3, -0.25) is 4.79 Å². The van der Waals surface area contributed by atoms with E-state index in [1.807, 2.05) is 6.08 Å². The summed E-state index contributed by atoms with van der Waals surface area (Å²) in [7, 11) is 0. The normalized spacial score (nSPS) is 14.4. The number of allylic oxidation sites excluding steroid dienone is 25. The highest BCUT2D eigenvalue weighted by Crippen LogP contribution is 2.09. The second-order valence-corrected chi connectivity index (χ2v) is 15.1. The van der Waals surface area contributed by atoms with Crippen molar-refractivity contribution in [2.75, 3.05) is 6.61 Å². The second kappa shape index (κ2) is 49.4. The molecule has 0 heterocycles. The number of aliphatic hydroxyl groups excluding tert-OH is 2. The van der Waals surface area contributed by atoms with Crippen LogP contribution in [0.2, 0.25) is 0 Å². The zero-order valence-corrected chi connectivity index (χ0v) is 38.1. The third-order valence-corrected chi connectivity index (χ3v) is 9.52. The molecule has 2 atom stereocenters. The molecule has 4 heteroatoms. The molecule has 0 fully saturated rings. The average Bonchev–Trinajstić information content (AvgIpc) is 3.25. The van der Waals surface area contributed by atoms with Gasteiger partial charge in [-0.05, 0) is 109 Å². The maximum Gasteiger partial charge on any atom is 0.220 e. The van der Waals surface area contributed by atoms with E-state index in [1.54, 1.807) is 6.08 Å². The summed E-state index contributed by atoms with van der Waals surface area (Å²) < 4.78 is 0. The molecule has 0 aliphatic heterocycles. The number of carbonyl (C=O) groups excluding carboxylic acids is 1. The molecule has 0 rings (SSSR count). The summed E-state index contributed by atoms with van der Waals surface area (Å²) in [5.41, 5.74) is 0. The largest absolute Gasteiger partial charge is 0.394 e.